The van der Waals surface area contributed by atoms with Gasteiger partial charge in [0.15, 0.2) is 0 Å². The van der Waals surface area contributed by atoms with Gasteiger partial charge in [-0.15, -0.1) is 0 Å². The van der Waals surface area contributed by atoms with Crippen LogP contribution < -0.4 is 4.74 Å². The quantitative estimate of drug-likeness (QED) is 0.491. The summed E-state index contributed by atoms with van der Waals surface area (Å²) in [6.07, 6.45) is 3.71. The molecule has 0 radical (unpaired) electrons. The van der Waals surface area contributed by atoms with Crippen molar-refractivity contribution in [2.45, 2.75) is 43.6 Å². The number of likely N-dealkylation sites (tertiary alicyclic amines) is 1. The van der Waals surface area contributed by atoms with E-state index in [0.29, 0.717) is 32.5 Å². The Morgan fingerprint density at radius 1 is 1.11 bits per heavy atom. The van der Waals surface area contributed by atoms with Crippen LogP contribution in [0.3, 0.4) is 0 Å². The number of hydrogen-bond donors (Lipinski definition) is 0. The number of methoxy groups -OCH3 is 1. The van der Waals surface area contributed by atoms with Crippen molar-refractivity contribution in [1.29, 1.82) is 0 Å². The molecular weight excluding hydrogens is 443 g/mol. The van der Waals surface area contributed by atoms with Crippen LogP contribution in [0, 0.1) is 5.82 Å². The lowest BCUT2D eigenvalue weighted by molar-refractivity contribution is -0.142. The number of carbonyl (C=O) groups is 1. The number of amides is 1. The van der Waals surface area contributed by atoms with Gasteiger partial charge in [-0.1, -0.05) is 30.3 Å². The van der Waals surface area contributed by atoms with Crippen LogP contribution in [0.5, 0.6) is 5.75 Å². The van der Waals surface area contributed by atoms with Crippen LogP contribution in [0.1, 0.15) is 54.2 Å². The zero-order valence-electron chi connectivity index (χ0n) is 20.1. The summed E-state index contributed by atoms with van der Waals surface area (Å²) in [5.74, 6) is 0.694. The van der Waals surface area contributed by atoms with Gasteiger partial charge in [0.05, 0.1) is 24.3 Å². The number of halogens is 1. The van der Waals surface area contributed by atoms with Gasteiger partial charge in [-0.05, 0) is 73.2 Å². The van der Waals surface area contributed by atoms with Gasteiger partial charge in [-0.3, -0.25) is 9.78 Å². The second-order valence-corrected chi connectivity index (χ2v) is 9.44. The minimum Gasteiger partial charge on any atom is -0.497 e. The van der Waals surface area contributed by atoms with E-state index >= 15 is 0 Å². The van der Waals surface area contributed by atoms with E-state index in [9.17, 15) is 9.18 Å². The number of nitrogens with zero attached hydrogens (tertiary/aromatic N) is 2. The number of benzene rings is 2. The van der Waals surface area contributed by atoms with E-state index in [-0.39, 0.29) is 17.8 Å². The fraction of sp³-hybridized carbons (Fsp3) is 0.379. The minimum absolute atomic E-state index is 0.0621. The zero-order chi connectivity index (χ0) is 24.3. The maximum atomic E-state index is 14.2. The van der Waals surface area contributed by atoms with Gasteiger partial charge in [0.1, 0.15) is 11.6 Å². The van der Waals surface area contributed by atoms with Crippen molar-refractivity contribution in [1.82, 2.24) is 9.88 Å². The normalized spacial score (nSPS) is 19.5. The lowest BCUT2D eigenvalue weighted by Gasteiger charge is -2.40. The van der Waals surface area contributed by atoms with E-state index in [1.54, 1.807) is 19.2 Å². The van der Waals surface area contributed by atoms with Gasteiger partial charge in [-0.2, -0.15) is 0 Å². The van der Waals surface area contributed by atoms with E-state index in [1.807, 2.05) is 53.4 Å². The number of hydrogen-bond acceptors (Lipinski definition) is 4. The average molecular weight is 475 g/mol. The summed E-state index contributed by atoms with van der Waals surface area (Å²) in [7, 11) is 1.65. The summed E-state index contributed by atoms with van der Waals surface area (Å²) in [6, 6.07) is 20.4. The smallest absolute Gasteiger partial charge is 0.233 e. The number of aromatic nitrogens is 1. The molecule has 182 valence electrons. The molecule has 35 heavy (non-hydrogen) atoms. The van der Waals surface area contributed by atoms with Gasteiger partial charge in [0.25, 0.3) is 0 Å². The van der Waals surface area contributed by atoms with E-state index in [0.717, 1.165) is 47.7 Å². The molecule has 3 aromatic rings. The van der Waals surface area contributed by atoms with Crippen molar-refractivity contribution >= 4 is 5.91 Å². The molecule has 0 saturated carbocycles. The summed E-state index contributed by atoms with van der Waals surface area (Å²) in [4.78, 5) is 21.2. The third-order valence-electron chi connectivity index (χ3n) is 7.36. The molecule has 6 heteroatoms. The second-order valence-electron chi connectivity index (χ2n) is 9.44. The van der Waals surface area contributed by atoms with Crippen LogP contribution in [0.25, 0.3) is 0 Å². The fourth-order valence-electron chi connectivity index (χ4n) is 5.49. The highest BCUT2D eigenvalue weighted by Gasteiger charge is 2.47. The monoisotopic (exact) mass is 474 g/mol. The molecule has 2 aliphatic heterocycles. The first-order valence-electron chi connectivity index (χ1n) is 12.3. The van der Waals surface area contributed by atoms with E-state index in [2.05, 4.69) is 0 Å². The van der Waals surface area contributed by atoms with Crippen molar-refractivity contribution in [3.8, 4) is 5.75 Å². The van der Waals surface area contributed by atoms with Gasteiger partial charge in [0, 0.05) is 31.9 Å². The summed E-state index contributed by atoms with van der Waals surface area (Å²) in [5, 5.41) is 0. The molecule has 1 aromatic heterocycles. The van der Waals surface area contributed by atoms with E-state index < -0.39 is 5.41 Å². The third kappa shape index (κ3) is 4.80. The first-order chi connectivity index (χ1) is 17.1. The standard InChI is InChI=1S/C29H31FN2O3/c1-34-25-12-10-22(11-13-25)29(14-17-35-18-15-29)28(33)32-16-4-9-27(32)26-8-3-7-24(31-26)20-21-5-2-6-23(30)19-21/h2-3,5-8,10-13,19,27H,4,9,14-18,20H2,1H3/t27-/m1/s1. The second kappa shape index (κ2) is 10.2. The molecule has 5 rings (SSSR count). The molecule has 0 unspecified atom stereocenters. The van der Waals surface area contributed by atoms with Crippen LogP contribution in [-0.2, 0) is 21.4 Å². The van der Waals surface area contributed by atoms with Gasteiger partial charge in [0.2, 0.25) is 5.91 Å². The topological polar surface area (TPSA) is 51.7 Å². The molecule has 3 heterocycles. The highest BCUT2D eigenvalue weighted by atomic mass is 19.1. The fourth-order valence-corrected chi connectivity index (χ4v) is 5.49. The average Bonchev–Trinajstić information content (AvgIpc) is 3.39. The maximum absolute atomic E-state index is 14.2. The molecule has 2 aromatic carbocycles. The van der Waals surface area contributed by atoms with Gasteiger partial charge >= 0.3 is 0 Å². The molecule has 0 spiro atoms. The van der Waals surface area contributed by atoms with Crippen molar-refractivity contribution in [3.05, 3.63) is 95.1 Å². The van der Waals surface area contributed by atoms with E-state index in [1.165, 1.54) is 6.07 Å². The Bertz CT molecular complexity index is 1170. The lowest BCUT2D eigenvalue weighted by atomic mass is 9.72. The summed E-state index contributed by atoms with van der Waals surface area (Å²) >= 11 is 0. The maximum Gasteiger partial charge on any atom is 0.233 e. The Labute approximate surface area is 205 Å². The Hall–Kier alpha value is -3.25. The first-order valence-corrected chi connectivity index (χ1v) is 12.3. The predicted molar refractivity (Wildman–Crippen MR) is 132 cm³/mol. The van der Waals surface area contributed by atoms with Crippen LogP contribution in [-0.4, -0.2) is 42.7 Å². The van der Waals surface area contributed by atoms with Gasteiger partial charge < -0.3 is 14.4 Å². The molecule has 0 aliphatic carbocycles. The SMILES string of the molecule is COc1ccc(C2(C(=O)N3CCC[C@@H]3c3cccc(Cc4cccc(F)c4)n3)CCOCC2)cc1. The number of pyridine rings is 1. The van der Waals surface area contributed by atoms with Crippen molar-refractivity contribution < 1.29 is 18.7 Å². The Kier molecular flexibility index (Phi) is 6.82. The van der Waals surface area contributed by atoms with Crippen LogP contribution >= 0.6 is 0 Å². The van der Waals surface area contributed by atoms with Crippen LogP contribution in [0.15, 0.2) is 66.7 Å². The Balaban J connectivity index is 1.42. The Morgan fingerprint density at radius 2 is 1.89 bits per heavy atom. The Morgan fingerprint density at radius 3 is 2.63 bits per heavy atom. The predicted octanol–water partition coefficient (Wildman–Crippen LogP) is 5.23. The molecule has 1 atom stereocenters. The highest BCUT2D eigenvalue weighted by Crippen LogP contribution is 2.42. The van der Waals surface area contributed by atoms with Crippen molar-refractivity contribution in [3.63, 3.8) is 0 Å². The summed E-state index contributed by atoms with van der Waals surface area (Å²) in [5.41, 5.74) is 3.08. The first kappa shape index (κ1) is 23.5. The van der Waals surface area contributed by atoms with Crippen LogP contribution in [0.2, 0.25) is 0 Å². The molecule has 1 amide bonds. The molecule has 2 aliphatic rings. The largest absolute Gasteiger partial charge is 0.497 e. The summed E-state index contributed by atoms with van der Waals surface area (Å²) in [6.45, 7) is 1.85. The molecule has 0 bridgehead atoms. The van der Waals surface area contributed by atoms with Crippen molar-refractivity contribution in [2.24, 2.45) is 0 Å². The highest BCUT2D eigenvalue weighted by molar-refractivity contribution is 5.89. The lowest BCUT2D eigenvalue weighted by Crippen LogP contribution is -2.49. The summed E-state index contributed by atoms with van der Waals surface area (Å²) < 4.78 is 24.6. The zero-order valence-corrected chi connectivity index (χ0v) is 20.1. The number of ether oxygens (including phenoxy) is 2. The number of carbonyl (C=O) groups excluding carboxylic acids is 1. The van der Waals surface area contributed by atoms with Crippen molar-refractivity contribution in [2.75, 3.05) is 26.9 Å². The molecule has 2 fully saturated rings. The minimum atomic E-state index is -0.605. The molecular formula is C29H31FN2O3. The van der Waals surface area contributed by atoms with Gasteiger partial charge in [-0.25, -0.2) is 4.39 Å². The third-order valence-corrected chi connectivity index (χ3v) is 7.36. The van der Waals surface area contributed by atoms with Crippen LogP contribution in [0.4, 0.5) is 4.39 Å². The molecule has 0 N–H and O–H groups in total. The molecule has 2 saturated heterocycles. The molecule has 5 nitrogen and oxygen atoms in total. The van der Waals surface area contributed by atoms with E-state index in [4.69, 9.17) is 14.5 Å². The number of rotatable bonds is 6.